The normalized spacial score (nSPS) is 10.0. The minimum atomic E-state index is 0.355. The minimum absolute atomic E-state index is 0.355. The molecule has 0 atom stereocenters. The molecular weight excluding hydrogens is 152 g/mol. The molecule has 1 aromatic heterocycles. The molecule has 0 amide bonds. The van der Waals surface area contributed by atoms with Gasteiger partial charge >= 0.3 is 11.3 Å². The van der Waals surface area contributed by atoms with Crippen LogP contribution >= 0.6 is 0 Å². The number of aldehydes is 1. The van der Waals surface area contributed by atoms with Crippen LogP contribution in [0.5, 0.6) is 0 Å². The topological polar surface area (TPSA) is 28.4 Å². The predicted octanol–water partition coefficient (Wildman–Crippen LogP) is 2.53. The Hall–Kier alpha value is -1.70. The summed E-state index contributed by atoms with van der Waals surface area (Å²) in [6.07, 6.45) is 0.701. The zero-order valence-electron chi connectivity index (χ0n) is 6.36. The molecule has 0 bridgehead atoms. The van der Waals surface area contributed by atoms with Crippen LogP contribution in [0.4, 0.5) is 0 Å². The van der Waals surface area contributed by atoms with Crippen LogP contribution in [-0.4, -0.2) is 6.29 Å². The van der Waals surface area contributed by atoms with E-state index in [9.17, 15) is 4.79 Å². The number of carbonyl (C=O) groups is 1. The molecule has 0 saturated heterocycles. The Balaban J connectivity index is 2.75. The molecule has 58 valence electrons. The Bertz CT molecular complexity index is 421. The van der Waals surface area contributed by atoms with Gasteiger partial charge in [-0.15, -0.1) is 0 Å². The van der Waals surface area contributed by atoms with Crippen LogP contribution in [0, 0.1) is 0 Å². The van der Waals surface area contributed by atoms with E-state index in [1.165, 1.54) is 0 Å². The Labute approximate surface area is 69.4 Å². The van der Waals surface area contributed by atoms with Gasteiger partial charge in [-0.25, -0.2) is 4.42 Å². The van der Waals surface area contributed by atoms with Gasteiger partial charge in [-0.2, -0.15) is 0 Å². The summed E-state index contributed by atoms with van der Waals surface area (Å²) in [7, 11) is 0. The molecule has 1 heterocycles. The fourth-order valence-corrected chi connectivity index (χ4v) is 1.11. The van der Waals surface area contributed by atoms with Gasteiger partial charge in [-0.05, 0) is 12.1 Å². The molecule has 0 N–H and O–H groups in total. The molecule has 2 heteroatoms. The van der Waals surface area contributed by atoms with Crippen molar-refractivity contribution in [2.45, 2.75) is 0 Å². The summed E-state index contributed by atoms with van der Waals surface area (Å²) in [4.78, 5) is 10.4. The second-order valence-corrected chi connectivity index (χ2v) is 2.49. The summed E-state index contributed by atoms with van der Waals surface area (Å²) >= 11 is 0. The standard InChI is InChI=1S/C10H7O2/c11-7-9-6-5-8-3-1-2-4-10(8)12-9/h1-7H/q+1. The second-order valence-electron chi connectivity index (χ2n) is 2.49. The number of benzene rings is 1. The van der Waals surface area contributed by atoms with E-state index in [0.717, 1.165) is 11.0 Å². The maximum absolute atomic E-state index is 10.4. The molecule has 0 aliphatic heterocycles. The fourth-order valence-electron chi connectivity index (χ4n) is 1.11. The van der Waals surface area contributed by atoms with Gasteiger partial charge in [-0.3, -0.25) is 4.79 Å². The SMILES string of the molecule is O=Cc1ccc2ccccc2[o+]1. The van der Waals surface area contributed by atoms with Crippen molar-refractivity contribution in [3.8, 4) is 0 Å². The summed E-state index contributed by atoms with van der Waals surface area (Å²) in [5.41, 5.74) is 0.738. The average Bonchev–Trinajstić information content (AvgIpc) is 2.17. The van der Waals surface area contributed by atoms with Crippen molar-refractivity contribution in [2.24, 2.45) is 0 Å². The van der Waals surface area contributed by atoms with Crippen molar-refractivity contribution in [2.75, 3.05) is 0 Å². The van der Waals surface area contributed by atoms with Gasteiger partial charge < -0.3 is 0 Å². The van der Waals surface area contributed by atoms with Crippen LogP contribution < -0.4 is 0 Å². The lowest BCUT2D eigenvalue weighted by atomic mass is 10.2. The van der Waals surface area contributed by atoms with E-state index in [0.29, 0.717) is 12.0 Å². The molecule has 0 aliphatic rings. The first-order chi connectivity index (χ1) is 5.90. The predicted molar refractivity (Wildman–Crippen MR) is 46.0 cm³/mol. The second kappa shape index (κ2) is 2.74. The van der Waals surface area contributed by atoms with Gasteiger partial charge in [0.1, 0.15) is 0 Å². The summed E-state index contributed by atoms with van der Waals surface area (Å²) in [5, 5.41) is 1.00. The third-order valence-electron chi connectivity index (χ3n) is 1.69. The van der Waals surface area contributed by atoms with Crippen LogP contribution in [-0.2, 0) is 0 Å². The van der Waals surface area contributed by atoms with E-state index in [1.807, 2.05) is 30.3 Å². The first-order valence-corrected chi connectivity index (χ1v) is 3.67. The number of hydrogen-bond donors (Lipinski definition) is 0. The molecule has 0 unspecified atom stereocenters. The molecule has 0 aliphatic carbocycles. The number of para-hydroxylation sites is 1. The van der Waals surface area contributed by atoms with Gasteiger partial charge in [0.25, 0.3) is 0 Å². The Morgan fingerprint density at radius 1 is 1.08 bits per heavy atom. The van der Waals surface area contributed by atoms with Crippen LogP contribution in [0.1, 0.15) is 10.6 Å². The third kappa shape index (κ3) is 1.07. The number of carbonyl (C=O) groups excluding carboxylic acids is 1. The van der Waals surface area contributed by atoms with Gasteiger partial charge in [0.05, 0.1) is 5.39 Å². The molecule has 0 spiro atoms. The maximum atomic E-state index is 10.4. The first kappa shape index (κ1) is 6.98. The molecule has 2 aromatic rings. The van der Waals surface area contributed by atoms with Gasteiger partial charge in [0, 0.05) is 12.1 Å². The zero-order chi connectivity index (χ0) is 8.39. The average molecular weight is 159 g/mol. The van der Waals surface area contributed by atoms with Crippen LogP contribution in [0.2, 0.25) is 0 Å². The number of fused-ring (bicyclic) bond motifs is 1. The Morgan fingerprint density at radius 3 is 2.75 bits per heavy atom. The Kier molecular flexibility index (Phi) is 1.59. The van der Waals surface area contributed by atoms with Crippen molar-refractivity contribution in [1.82, 2.24) is 0 Å². The van der Waals surface area contributed by atoms with Crippen LogP contribution in [0.3, 0.4) is 0 Å². The number of rotatable bonds is 1. The van der Waals surface area contributed by atoms with Crippen molar-refractivity contribution >= 4 is 17.3 Å². The summed E-state index contributed by atoms with van der Waals surface area (Å²) in [6, 6.07) is 11.1. The summed E-state index contributed by atoms with van der Waals surface area (Å²) < 4.78 is 5.24. The van der Waals surface area contributed by atoms with Crippen LogP contribution in [0.25, 0.3) is 11.0 Å². The van der Waals surface area contributed by atoms with E-state index in [2.05, 4.69) is 0 Å². The highest BCUT2D eigenvalue weighted by atomic mass is 16.3. The van der Waals surface area contributed by atoms with E-state index < -0.39 is 0 Å². The molecule has 1 aromatic carbocycles. The highest BCUT2D eigenvalue weighted by Crippen LogP contribution is 2.14. The summed E-state index contributed by atoms with van der Waals surface area (Å²) in [5.74, 6) is 0.355. The Morgan fingerprint density at radius 2 is 1.92 bits per heavy atom. The number of hydrogen-bond acceptors (Lipinski definition) is 1. The van der Waals surface area contributed by atoms with Crippen molar-refractivity contribution < 1.29 is 9.21 Å². The lowest BCUT2D eigenvalue weighted by Crippen LogP contribution is -1.78. The lowest BCUT2D eigenvalue weighted by Gasteiger charge is -1.84. The smallest absolute Gasteiger partial charge is 0.288 e. The monoisotopic (exact) mass is 159 g/mol. The quantitative estimate of drug-likeness (QED) is 0.472. The van der Waals surface area contributed by atoms with E-state index >= 15 is 0 Å². The van der Waals surface area contributed by atoms with E-state index in [1.54, 1.807) is 6.07 Å². The zero-order valence-corrected chi connectivity index (χ0v) is 6.36. The molecular formula is C10H7O2+. The third-order valence-corrected chi connectivity index (χ3v) is 1.69. The molecule has 2 rings (SSSR count). The molecule has 0 fully saturated rings. The lowest BCUT2D eigenvalue weighted by molar-refractivity contribution is 0.110. The first-order valence-electron chi connectivity index (χ1n) is 3.67. The van der Waals surface area contributed by atoms with E-state index in [-0.39, 0.29) is 0 Å². The van der Waals surface area contributed by atoms with Gasteiger partial charge in [-0.1, -0.05) is 12.1 Å². The summed E-state index contributed by atoms with van der Waals surface area (Å²) in [6.45, 7) is 0. The molecule has 0 radical (unpaired) electrons. The maximum Gasteiger partial charge on any atom is 0.392 e. The fraction of sp³-hybridized carbons (Fsp3) is 0. The minimum Gasteiger partial charge on any atom is -0.288 e. The molecule has 0 saturated carbocycles. The highest BCUT2D eigenvalue weighted by Gasteiger charge is 2.08. The van der Waals surface area contributed by atoms with Crippen molar-refractivity contribution in [1.29, 1.82) is 0 Å². The van der Waals surface area contributed by atoms with Gasteiger partial charge in [0.15, 0.2) is 0 Å². The highest BCUT2D eigenvalue weighted by molar-refractivity contribution is 5.80. The molecule has 2 nitrogen and oxygen atoms in total. The van der Waals surface area contributed by atoms with Crippen molar-refractivity contribution in [3.05, 3.63) is 42.2 Å². The molecule has 12 heavy (non-hydrogen) atoms. The largest absolute Gasteiger partial charge is 0.392 e. The van der Waals surface area contributed by atoms with Crippen molar-refractivity contribution in [3.63, 3.8) is 0 Å². The van der Waals surface area contributed by atoms with E-state index in [4.69, 9.17) is 4.42 Å². The van der Waals surface area contributed by atoms with Crippen LogP contribution in [0.15, 0.2) is 40.8 Å². The van der Waals surface area contributed by atoms with Gasteiger partial charge in [0.2, 0.25) is 6.29 Å².